The number of hydrogen-bond acceptors (Lipinski definition) is 6. The molecule has 2 heterocycles. The van der Waals surface area contributed by atoms with Gasteiger partial charge >= 0.3 is 12.5 Å². The molecule has 1 saturated heterocycles. The van der Waals surface area contributed by atoms with Crippen molar-refractivity contribution in [2.75, 3.05) is 25.9 Å². The van der Waals surface area contributed by atoms with E-state index in [-0.39, 0.29) is 29.6 Å². The molecule has 0 radical (unpaired) electrons. The van der Waals surface area contributed by atoms with Crippen molar-refractivity contribution in [1.29, 1.82) is 0 Å². The van der Waals surface area contributed by atoms with Crippen LogP contribution in [0.2, 0.25) is 0 Å². The first-order chi connectivity index (χ1) is 19.0. The van der Waals surface area contributed by atoms with Gasteiger partial charge in [0.15, 0.2) is 0 Å². The number of aromatic nitrogens is 2. The SMILES string of the molecule is CCC.COC(=O)NCC(=O)N1CCCC1c1ncc(-c2ccc(-c3cc(F)c(N)cc3OC(F)(F)F)cc2)[nH]1. The summed E-state index contributed by atoms with van der Waals surface area (Å²) in [6.07, 6.45) is -1.40. The maximum Gasteiger partial charge on any atom is 0.573 e. The number of amides is 2. The van der Waals surface area contributed by atoms with Crippen LogP contribution in [0.4, 0.5) is 28.0 Å². The summed E-state index contributed by atoms with van der Waals surface area (Å²) in [7, 11) is 1.21. The molecule has 9 nitrogen and oxygen atoms in total. The number of nitrogen functional groups attached to an aromatic ring is 1. The number of halogens is 4. The van der Waals surface area contributed by atoms with Crippen molar-refractivity contribution >= 4 is 17.7 Å². The average Bonchev–Trinajstić information content (AvgIpc) is 3.59. The molecule has 0 bridgehead atoms. The first-order valence-electron chi connectivity index (χ1n) is 12.6. The van der Waals surface area contributed by atoms with Gasteiger partial charge in [-0.05, 0) is 30.0 Å². The Balaban J connectivity index is 0.00000141. The van der Waals surface area contributed by atoms with Crippen LogP contribution in [0, 0.1) is 5.82 Å². The van der Waals surface area contributed by atoms with Crippen molar-refractivity contribution in [3.05, 3.63) is 54.2 Å². The van der Waals surface area contributed by atoms with Crippen molar-refractivity contribution in [1.82, 2.24) is 20.2 Å². The summed E-state index contributed by atoms with van der Waals surface area (Å²) in [5, 5.41) is 2.37. The molecule has 4 N–H and O–H groups in total. The highest BCUT2D eigenvalue weighted by atomic mass is 19.4. The van der Waals surface area contributed by atoms with Crippen LogP contribution in [-0.2, 0) is 9.53 Å². The Morgan fingerprint density at radius 2 is 1.82 bits per heavy atom. The standard InChI is InChI=1S/C24H23F4N5O4.C3H8/c1-36-23(35)31-12-21(34)33-8-2-3-19(33)22-30-11-18(32-22)14-6-4-13(5-7-14)15-9-16(25)17(29)10-20(15)37-24(26,27)28;1-3-2/h4-7,9-11,19H,2-3,8,12,29H2,1H3,(H,30,32)(H,31,35);3H2,1-2H3. The van der Waals surface area contributed by atoms with Gasteiger partial charge in [-0.25, -0.2) is 14.2 Å². The van der Waals surface area contributed by atoms with Crippen LogP contribution in [-0.4, -0.2) is 53.4 Å². The molecule has 1 fully saturated rings. The molecule has 1 aliphatic heterocycles. The highest BCUT2D eigenvalue weighted by Crippen LogP contribution is 2.38. The summed E-state index contributed by atoms with van der Waals surface area (Å²) in [6.45, 7) is 4.56. The molecular formula is C27H31F4N5O4. The number of nitrogens with two attached hydrogens (primary N) is 1. The van der Waals surface area contributed by atoms with Gasteiger partial charge in [-0.2, -0.15) is 0 Å². The fraction of sp³-hybridized carbons (Fsp3) is 0.370. The van der Waals surface area contributed by atoms with Gasteiger partial charge in [-0.3, -0.25) is 4.79 Å². The van der Waals surface area contributed by atoms with Gasteiger partial charge in [0.05, 0.1) is 30.7 Å². The Bertz CT molecular complexity index is 1310. The van der Waals surface area contributed by atoms with Gasteiger partial charge in [0.1, 0.15) is 23.9 Å². The first kappa shape index (κ1) is 30.3. The number of carbonyl (C=O) groups excluding carboxylic acids is 2. The van der Waals surface area contributed by atoms with E-state index in [1.54, 1.807) is 23.2 Å². The number of carbonyl (C=O) groups is 2. The number of rotatable bonds is 6. The van der Waals surface area contributed by atoms with Crippen LogP contribution < -0.4 is 15.8 Å². The van der Waals surface area contributed by atoms with Gasteiger partial charge in [-0.1, -0.05) is 44.5 Å². The molecule has 13 heteroatoms. The summed E-state index contributed by atoms with van der Waals surface area (Å²) >= 11 is 0. The van der Waals surface area contributed by atoms with Crippen molar-refractivity contribution in [3.63, 3.8) is 0 Å². The van der Waals surface area contributed by atoms with Crippen LogP contribution >= 0.6 is 0 Å². The molecular weight excluding hydrogens is 534 g/mol. The Labute approximate surface area is 228 Å². The molecule has 40 heavy (non-hydrogen) atoms. The highest BCUT2D eigenvalue weighted by molar-refractivity contribution is 5.82. The number of methoxy groups -OCH3 is 1. The number of ether oxygens (including phenoxy) is 2. The number of nitrogens with one attached hydrogen (secondary N) is 2. The van der Waals surface area contributed by atoms with Crippen molar-refractivity contribution < 1.29 is 36.6 Å². The zero-order valence-electron chi connectivity index (χ0n) is 22.3. The number of hydrogen-bond donors (Lipinski definition) is 3. The van der Waals surface area contributed by atoms with Gasteiger partial charge in [-0.15, -0.1) is 13.2 Å². The number of aromatic amines is 1. The van der Waals surface area contributed by atoms with E-state index in [2.05, 4.69) is 38.6 Å². The molecule has 2 amide bonds. The molecule has 2 aromatic carbocycles. The Morgan fingerprint density at radius 1 is 1.18 bits per heavy atom. The maximum absolute atomic E-state index is 14.0. The first-order valence-corrected chi connectivity index (χ1v) is 12.6. The predicted molar refractivity (Wildman–Crippen MR) is 141 cm³/mol. The molecule has 0 saturated carbocycles. The lowest BCUT2D eigenvalue weighted by atomic mass is 10.0. The van der Waals surface area contributed by atoms with Crippen LogP contribution in [0.25, 0.3) is 22.4 Å². The lowest BCUT2D eigenvalue weighted by Crippen LogP contribution is -2.40. The van der Waals surface area contributed by atoms with Crippen molar-refractivity contribution in [2.24, 2.45) is 0 Å². The fourth-order valence-electron chi connectivity index (χ4n) is 4.16. The van der Waals surface area contributed by atoms with E-state index < -0.39 is 29.7 Å². The maximum atomic E-state index is 14.0. The second kappa shape index (κ2) is 13.2. The van der Waals surface area contributed by atoms with Crippen LogP contribution in [0.1, 0.15) is 45.0 Å². The third-order valence-corrected chi connectivity index (χ3v) is 5.89. The minimum absolute atomic E-state index is 0.110. The van der Waals surface area contributed by atoms with E-state index in [4.69, 9.17) is 5.73 Å². The largest absolute Gasteiger partial charge is 0.573 e. The van der Waals surface area contributed by atoms with Crippen LogP contribution in [0.15, 0.2) is 42.6 Å². The monoisotopic (exact) mass is 565 g/mol. The van der Waals surface area contributed by atoms with E-state index >= 15 is 0 Å². The number of H-pyrrole nitrogens is 1. The number of imidazole rings is 1. The summed E-state index contributed by atoms with van der Waals surface area (Å²) in [6, 6.07) is 7.69. The quantitative estimate of drug-likeness (QED) is 0.257. The molecule has 1 aromatic heterocycles. The summed E-state index contributed by atoms with van der Waals surface area (Å²) in [5.74, 6) is -1.20. The van der Waals surface area contributed by atoms with Gasteiger partial charge in [0.25, 0.3) is 0 Å². The lowest BCUT2D eigenvalue weighted by molar-refractivity contribution is -0.274. The van der Waals surface area contributed by atoms with E-state index in [1.807, 2.05) is 0 Å². The second-order valence-electron chi connectivity index (χ2n) is 8.97. The number of anilines is 1. The topological polar surface area (TPSA) is 123 Å². The molecule has 1 atom stereocenters. The summed E-state index contributed by atoms with van der Waals surface area (Å²) in [5.41, 5.74) is 6.41. The number of alkyl halides is 3. The van der Waals surface area contributed by atoms with Crippen molar-refractivity contribution in [2.45, 2.75) is 45.5 Å². The van der Waals surface area contributed by atoms with Crippen LogP contribution in [0.3, 0.4) is 0 Å². The third-order valence-electron chi connectivity index (χ3n) is 5.89. The normalized spacial score (nSPS) is 14.8. The number of likely N-dealkylation sites (tertiary alicyclic amines) is 1. The van der Waals surface area contributed by atoms with E-state index in [0.29, 0.717) is 30.0 Å². The molecule has 0 spiro atoms. The van der Waals surface area contributed by atoms with E-state index in [1.165, 1.54) is 25.7 Å². The van der Waals surface area contributed by atoms with Gasteiger partial charge in [0.2, 0.25) is 5.91 Å². The average molecular weight is 566 g/mol. The smallest absolute Gasteiger partial charge is 0.453 e. The lowest BCUT2D eigenvalue weighted by Gasteiger charge is -2.23. The molecule has 3 aromatic rings. The second-order valence-corrected chi connectivity index (χ2v) is 8.97. The van der Waals surface area contributed by atoms with Gasteiger partial charge in [0, 0.05) is 18.2 Å². The van der Waals surface area contributed by atoms with E-state index in [0.717, 1.165) is 18.6 Å². The fourth-order valence-corrected chi connectivity index (χ4v) is 4.16. The molecule has 1 unspecified atom stereocenters. The predicted octanol–water partition coefficient (Wildman–Crippen LogP) is 5.80. The molecule has 1 aliphatic rings. The molecule has 216 valence electrons. The van der Waals surface area contributed by atoms with E-state index in [9.17, 15) is 27.2 Å². The van der Waals surface area contributed by atoms with Crippen LogP contribution in [0.5, 0.6) is 5.75 Å². The Kier molecular flexibility index (Phi) is 9.97. The minimum Gasteiger partial charge on any atom is -0.453 e. The highest BCUT2D eigenvalue weighted by Gasteiger charge is 2.33. The Hall–Kier alpha value is -4.29. The zero-order chi connectivity index (χ0) is 29.4. The number of alkyl carbamates (subject to hydrolysis) is 1. The Morgan fingerprint density at radius 3 is 2.45 bits per heavy atom. The minimum atomic E-state index is -4.98. The number of nitrogens with zero attached hydrogens (tertiary/aromatic N) is 2. The summed E-state index contributed by atoms with van der Waals surface area (Å²) < 4.78 is 61.1. The zero-order valence-corrected chi connectivity index (χ0v) is 22.3. The number of benzene rings is 2. The molecule has 0 aliphatic carbocycles. The van der Waals surface area contributed by atoms with Crippen molar-refractivity contribution in [3.8, 4) is 28.1 Å². The molecule has 4 rings (SSSR count). The third kappa shape index (κ3) is 7.64. The summed E-state index contributed by atoms with van der Waals surface area (Å²) in [4.78, 5) is 33.0. The van der Waals surface area contributed by atoms with Gasteiger partial charge < -0.3 is 30.4 Å².